The van der Waals surface area contributed by atoms with Crippen LogP contribution in [0.5, 0.6) is 0 Å². The van der Waals surface area contributed by atoms with E-state index in [9.17, 15) is 0 Å². The number of halogens is 1. The summed E-state index contributed by atoms with van der Waals surface area (Å²) in [6, 6.07) is 7.42. The number of rotatable bonds is 3. The van der Waals surface area contributed by atoms with E-state index in [2.05, 4.69) is 30.2 Å². The van der Waals surface area contributed by atoms with Crippen molar-refractivity contribution >= 4 is 40.2 Å². The lowest BCUT2D eigenvalue weighted by molar-refractivity contribution is 0.122. The van der Waals surface area contributed by atoms with E-state index in [-0.39, 0.29) is 0 Å². The van der Waals surface area contributed by atoms with Gasteiger partial charge in [0.1, 0.15) is 0 Å². The Hall–Kier alpha value is -2.51. The molecule has 2 aromatic heterocycles. The summed E-state index contributed by atoms with van der Waals surface area (Å²) in [7, 11) is 0. The van der Waals surface area contributed by atoms with Crippen LogP contribution in [0.4, 0.5) is 17.5 Å². The van der Waals surface area contributed by atoms with Crippen LogP contribution in [-0.2, 0) is 4.74 Å². The van der Waals surface area contributed by atoms with Crippen LogP contribution in [-0.4, -0.2) is 46.2 Å². The lowest BCUT2D eigenvalue weighted by atomic mass is 10.3. The number of ether oxygens (including phenoxy) is 1. The van der Waals surface area contributed by atoms with Crippen LogP contribution in [0.3, 0.4) is 0 Å². The molecule has 3 heterocycles. The molecule has 122 valence electrons. The van der Waals surface area contributed by atoms with Crippen LogP contribution in [0.15, 0.2) is 36.7 Å². The lowest BCUT2D eigenvalue weighted by Crippen LogP contribution is -2.37. The fraction of sp³-hybridized carbons (Fsp3) is 0.250. The van der Waals surface area contributed by atoms with Gasteiger partial charge in [0.15, 0.2) is 17.0 Å². The molecule has 1 aliphatic rings. The summed E-state index contributed by atoms with van der Waals surface area (Å²) in [5.74, 6) is 1.25. The summed E-state index contributed by atoms with van der Waals surface area (Å²) in [5.41, 5.74) is 2.06. The summed E-state index contributed by atoms with van der Waals surface area (Å²) in [4.78, 5) is 20.0. The Morgan fingerprint density at radius 3 is 2.54 bits per heavy atom. The number of benzene rings is 1. The second-order valence-electron chi connectivity index (χ2n) is 5.33. The molecule has 0 amide bonds. The molecular weight excluding hydrogens is 328 g/mol. The Morgan fingerprint density at radius 1 is 1.00 bits per heavy atom. The lowest BCUT2D eigenvalue weighted by Gasteiger charge is -2.27. The van der Waals surface area contributed by atoms with E-state index in [1.54, 1.807) is 12.4 Å². The summed E-state index contributed by atoms with van der Waals surface area (Å²) < 4.78 is 5.39. The highest BCUT2D eigenvalue weighted by molar-refractivity contribution is 6.30. The van der Waals surface area contributed by atoms with Gasteiger partial charge in [-0.1, -0.05) is 11.6 Å². The summed E-state index contributed by atoms with van der Waals surface area (Å²) in [5, 5.41) is 3.97. The van der Waals surface area contributed by atoms with Gasteiger partial charge in [-0.15, -0.1) is 0 Å². The highest BCUT2D eigenvalue weighted by Gasteiger charge is 2.17. The van der Waals surface area contributed by atoms with E-state index in [0.717, 1.165) is 18.8 Å². The predicted molar refractivity (Wildman–Crippen MR) is 92.9 cm³/mol. The number of nitrogens with zero attached hydrogens (tertiary/aromatic N) is 5. The molecule has 0 aliphatic carbocycles. The maximum Gasteiger partial charge on any atom is 0.229 e. The van der Waals surface area contributed by atoms with Crippen molar-refractivity contribution in [1.82, 2.24) is 19.9 Å². The zero-order valence-electron chi connectivity index (χ0n) is 12.8. The SMILES string of the molecule is Clc1ccc(Nc2nc(N3CCOCC3)nc3nccnc23)cc1. The van der Waals surface area contributed by atoms with Crippen LogP contribution in [0.1, 0.15) is 0 Å². The van der Waals surface area contributed by atoms with Crippen molar-refractivity contribution in [3.05, 3.63) is 41.7 Å². The molecule has 0 radical (unpaired) electrons. The van der Waals surface area contributed by atoms with Crippen LogP contribution < -0.4 is 10.2 Å². The van der Waals surface area contributed by atoms with Crippen molar-refractivity contribution in [2.24, 2.45) is 0 Å². The molecule has 1 aromatic carbocycles. The minimum atomic E-state index is 0.561. The van der Waals surface area contributed by atoms with Crippen molar-refractivity contribution in [2.45, 2.75) is 0 Å². The Morgan fingerprint density at radius 2 is 1.75 bits per heavy atom. The van der Waals surface area contributed by atoms with E-state index < -0.39 is 0 Å². The van der Waals surface area contributed by atoms with Crippen LogP contribution in [0, 0.1) is 0 Å². The molecule has 24 heavy (non-hydrogen) atoms. The molecule has 0 unspecified atom stereocenters. The molecule has 3 aromatic rings. The standard InChI is InChI=1S/C16H15ClN6O/c17-11-1-3-12(4-2-11)20-15-13-14(19-6-5-18-13)21-16(22-15)23-7-9-24-10-8-23/h1-6H,7-10H2,(H,19,20,21,22). The first kappa shape index (κ1) is 15.0. The maximum atomic E-state index is 5.94. The van der Waals surface area contributed by atoms with Gasteiger partial charge in [0.25, 0.3) is 0 Å². The summed E-state index contributed by atoms with van der Waals surface area (Å²) in [6.07, 6.45) is 3.26. The molecule has 0 atom stereocenters. The van der Waals surface area contributed by atoms with Crippen molar-refractivity contribution in [3.8, 4) is 0 Å². The Labute approximate surface area is 143 Å². The predicted octanol–water partition coefficient (Wildman–Crippen LogP) is 2.65. The molecule has 1 fully saturated rings. The van der Waals surface area contributed by atoms with Gasteiger partial charge in [0, 0.05) is 36.2 Å². The number of nitrogens with one attached hydrogen (secondary N) is 1. The second-order valence-corrected chi connectivity index (χ2v) is 5.77. The molecular formula is C16H15ClN6O. The average molecular weight is 343 g/mol. The molecule has 4 rings (SSSR count). The molecule has 1 N–H and O–H groups in total. The van der Waals surface area contributed by atoms with Crippen molar-refractivity contribution in [3.63, 3.8) is 0 Å². The molecule has 0 saturated carbocycles. The Balaban J connectivity index is 1.75. The molecule has 0 spiro atoms. The monoisotopic (exact) mass is 342 g/mol. The summed E-state index contributed by atoms with van der Waals surface area (Å²) >= 11 is 5.94. The molecule has 8 heteroatoms. The van der Waals surface area contributed by atoms with Crippen molar-refractivity contribution in [2.75, 3.05) is 36.5 Å². The van der Waals surface area contributed by atoms with Gasteiger partial charge < -0.3 is 15.0 Å². The smallest absolute Gasteiger partial charge is 0.229 e. The van der Waals surface area contributed by atoms with Crippen LogP contribution in [0.2, 0.25) is 5.02 Å². The highest BCUT2D eigenvalue weighted by Crippen LogP contribution is 2.24. The second kappa shape index (κ2) is 6.54. The fourth-order valence-corrected chi connectivity index (χ4v) is 2.64. The fourth-order valence-electron chi connectivity index (χ4n) is 2.51. The number of anilines is 3. The van der Waals surface area contributed by atoms with Crippen LogP contribution >= 0.6 is 11.6 Å². The third kappa shape index (κ3) is 3.08. The van der Waals surface area contributed by atoms with E-state index >= 15 is 0 Å². The van der Waals surface area contributed by atoms with Crippen LogP contribution in [0.25, 0.3) is 11.2 Å². The van der Waals surface area contributed by atoms with Gasteiger partial charge in [0.2, 0.25) is 5.95 Å². The first-order valence-corrected chi connectivity index (χ1v) is 8.01. The Kier molecular flexibility index (Phi) is 4.10. The van der Waals surface area contributed by atoms with E-state index in [4.69, 9.17) is 16.3 Å². The van der Waals surface area contributed by atoms with Gasteiger partial charge >= 0.3 is 0 Å². The van der Waals surface area contributed by atoms with E-state index in [0.29, 0.717) is 41.2 Å². The number of hydrogen-bond acceptors (Lipinski definition) is 7. The highest BCUT2D eigenvalue weighted by atomic mass is 35.5. The van der Waals surface area contributed by atoms with Crippen molar-refractivity contribution in [1.29, 1.82) is 0 Å². The zero-order valence-corrected chi connectivity index (χ0v) is 13.6. The van der Waals surface area contributed by atoms with E-state index in [1.807, 2.05) is 24.3 Å². The average Bonchev–Trinajstić information content (AvgIpc) is 2.64. The molecule has 0 bridgehead atoms. The molecule has 1 aliphatic heterocycles. The van der Waals surface area contributed by atoms with Crippen molar-refractivity contribution < 1.29 is 4.74 Å². The third-order valence-electron chi connectivity index (χ3n) is 3.72. The first-order valence-electron chi connectivity index (χ1n) is 7.64. The Bertz CT molecular complexity index is 851. The first-order chi connectivity index (χ1) is 11.8. The normalized spacial score (nSPS) is 14.8. The minimum absolute atomic E-state index is 0.561. The number of fused-ring (bicyclic) bond motifs is 1. The van der Waals surface area contributed by atoms with Gasteiger partial charge in [-0.05, 0) is 24.3 Å². The molecule has 1 saturated heterocycles. The van der Waals surface area contributed by atoms with Gasteiger partial charge in [-0.2, -0.15) is 9.97 Å². The number of hydrogen-bond donors (Lipinski definition) is 1. The zero-order chi connectivity index (χ0) is 16.4. The van der Waals surface area contributed by atoms with Gasteiger partial charge in [0.05, 0.1) is 13.2 Å². The number of morpholine rings is 1. The number of aromatic nitrogens is 4. The largest absolute Gasteiger partial charge is 0.378 e. The van der Waals surface area contributed by atoms with Gasteiger partial charge in [-0.3, -0.25) is 0 Å². The topological polar surface area (TPSA) is 76.1 Å². The molecule has 7 nitrogen and oxygen atoms in total. The van der Waals surface area contributed by atoms with Gasteiger partial charge in [-0.25, -0.2) is 9.97 Å². The minimum Gasteiger partial charge on any atom is -0.378 e. The third-order valence-corrected chi connectivity index (χ3v) is 3.97. The van der Waals surface area contributed by atoms with E-state index in [1.165, 1.54) is 0 Å². The summed E-state index contributed by atoms with van der Waals surface area (Å²) in [6.45, 7) is 2.85. The quantitative estimate of drug-likeness (QED) is 0.784. The maximum absolute atomic E-state index is 5.94.